The van der Waals surface area contributed by atoms with Gasteiger partial charge >= 0.3 is 0 Å². The van der Waals surface area contributed by atoms with Crippen LogP contribution in [0.2, 0.25) is 0 Å². The minimum Gasteiger partial charge on any atom is -0.324 e. The number of amides is 1. The molecular formula is C24H30N4O2S. The number of carbonyl (C=O) groups is 1. The van der Waals surface area contributed by atoms with Crippen molar-refractivity contribution in [3.63, 3.8) is 0 Å². The minimum atomic E-state index is -0.668. The minimum absolute atomic E-state index is 0.0927. The van der Waals surface area contributed by atoms with Gasteiger partial charge in [0.05, 0.1) is 11.9 Å². The molecule has 1 aliphatic rings. The predicted molar refractivity (Wildman–Crippen MR) is 127 cm³/mol. The van der Waals surface area contributed by atoms with Crippen LogP contribution in [-0.2, 0) is 24.2 Å². The number of carbonyl (C=O) groups excluding carboxylic acids is 1. The second kappa shape index (κ2) is 8.55. The van der Waals surface area contributed by atoms with Crippen LogP contribution < -0.4 is 10.9 Å². The first-order chi connectivity index (χ1) is 14.8. The molecule has 0 fully saturated rings. The second-order valence-corrected chi connectivity index (χ2v) is 9.90. The summed E-state index contributed by atoms with van der Waals surface area (Å²) in [4.78, 5) is 35.9. The average molecular weight is 439 g/mol. The topological polar surface area (TPSA) is 67.2 Å². The lowest BCUT2D eigenvalue weighted by atomic mass is 9.97. The molecule has 7 heteroatoms. The number of aromatic nitrogens is 2. The van der Waals surface area contributed by atoms with Gasteiger partial charge in [-0.3, -0.25) is 14.2 Å². The van der Waals surface area contributed by atoms with Crippen molar-refractivity contribution in [3.05, 3.63) is 55.9 Å². The number of anilines is 1. The van der Waals surface area contributed by atoms with Gasteiger partial charge < -0.3 is 10.2 Å². The molecule has 0 saturated heterocycles. The van der Waals surface area contributed by atoms with Gasteiger partial charge in [0.2, 0.25) is 5.91 Å². The lowest BCUT2D eigenvalue weighted by Crippen LogP contribution is -2.36. The molecule has 164 valence electrons. The Bertz CT molecular complexity index is 1210. The summed E-state index contributed by atoms with van der Waals surface area (Å²) >= 11 is 1.65. The summed E-state index contributed by atoms with van der Waals surface area (Å²) in [5.74, 6) is 0.422. The monoisotopic (exact) mass is 438 g/mol. The summed E-state index contributed by atoms with van der Waals surface area (Å²) < 4.78 is 1.60. The third-order valence-corrected chi connectivity index (χ3v) is 7.16. The van der Waals surface area contributed by atoms with E-state index in [1.54, 1.807) is 22.8 Å². The molecule has 2 aromatic heterocycles. The van der Waals surface area contributed by atoms with E-state index in [4.69, 9.17) is 4.98 Å². The fourth-order valence-corrected chi connectivity index (χ4v) is 5.55. The Kier molecular flexibility index (Phi) is 5.99. The molecule has 4 rings (SSSR count). The van der Waals surface area contributed by atoms with Gasteiger partial charge in [0.25, 0.3) is 5.56 Å². The van der Waals surface area contributed by atoms with Crippen LogP contribution in [0.3, 0.4) is 0 Å². The lowest BCUT2D eigenvalue weighted by molar-refractivity contribution is -0.119. The SMILES string of the molecule is Cc1ccc(C)c(NC(=O)C(C)n2c(CN(C)C)nc3sc4c(c3c2=O)CCCC4)c1. The van der Waals surface area contributed by atoms with Crippen molar-refractivity contribution in [2.45, 2.75) is 59.0 Å². The molecule has 6 nitrogen and oxygen atoms in total. The normalized spacial score (nSPS) is 14.6. The quantitative estimate of drug-likeness (QED) is 0.648. The maximum absolute atomic E-state index is 13.7. The van der Waals surface area contributed by atoms with Gasteiger partial charge in [-0.1, -0.05) is 12.1 Å². The average Bonchev–Trinajstić information content (AvgIpc) is 3.08. The van der Waals surface area contributed by atoms with Crippen molar-refractivity contribution >= 4 is 33.1 Å². The fraction of sp³-hybridized carbons (Fsp3) is 0.458. The van der Waals surface area contributed by atoms with Gasteiger partial charge in [0, 0.05) is 10.6 Å². The highest BCUT2D eigenvalue weighted by atomic mass is 32.1. The van der Waals surface area contributed by atoms with Crippen LogP contribution in [0.1, 0.15) is 53.2 Å². The number of thiophene rings is 1. The maximum atomic E-state index is 13.7. The van der Waals surface area contributed by atoms with Crippen molar-refractivity contribution in [1.82, 2.24) is 14.5 Å². The zero-order valence-electron chi connectivity index (χ0n) is 18.9. The van der Waals surface area contributed by atoms with Crippen molar-refractivity contribution < 1.29 is 4.79 Å². The highest BCUT2D eigenvalue weighted by molar-refractivity contribution is 7.18. The molecule has 1 amide bonds. The first kappa shape index (κ1) is 21.7. The molecule has 1 aromatic carbocycles. The molecule has 0 spiro atoms. The third kappa shape index (κ3) is 4.16. The molecule has 2 heterocycles. The zero-order valence-corrected chi connectivity index (χ0v) is 19.7. The van der Waals surface area contributed by atoms with Crippen molar-refractivity contribution in [3.8, 4) is 0 Å². The molecule has 0 radical (unpaired) electrons. The number of hydrogen-bond acceptors (Lipinski definition) is 5. The van der Waals surface area contributed by atoms with Gasteiger partial charge in [-0.25, -0.2) is 4.98 Å². The summed E-state index contributed by atoms with van der Waals surface area (Å²) in [7, 11) is 3.89. The summed E-state index contributed by atoms with van der Waals surface area (Å²) in [5.41, 5.74) is 3.90. The van der Waals surface area contributed by atoms with E-state index in [9.17, 15) is 9.59 Å². The largest absolute Gasteiger partial charge is 0.324 e. The molecule has 3 aromatic rings. The number of fused-ring (bicyclic) bond motifs is 3. The number of rotatable bonds is 5. The van der Waals surface area contributed by atoms with E-state index >= 15 is 0 Å². The van der Waals surface area contributed by atoms with Crippen LogP contribution in [0.25, 0.3) is 10.2 Å². The van der Waals surface area contributed by atoms with Crippen LogP contribution in [0.15, 0.2) is 23.0 Å². The van der Waals surface area contributed by atoms with E-state index in [0.29, 0.717) is 17.8 Å². The summed E-state index contributed by atoms with van der Waals surface area (Å²) in [6, 6.07) is 5.30. The van der Waals surface area contributed by atoms with E-state index in [0.717, 1.165) is 52.9 Å². The molecule has 0 saturated carbocycles. The number of benzene rings is 1. The Labute approximate surface area is 186 Å². The van der Waals surface area contributed by atoms with E-state index in [-0.39, 0.29) is 11.5 Å². The van der Waals surface area contributed by atoms with Gasteiger partial charge in [-0.2, -0.15) is 0 Å². The summed E-state index contributed by atoms with van der Waals surface area (Å²) in [6.07, 6.45) is 4.19. The van der Waals surface area contributed by atoms with E-state index in [1.807, 2.05) is 51.0 Å². The van der Waals surface area contributed by atoms with Gasteiger partial charge in [0.15, 0.2) is 0 Å². The number of aryl methyl sites for hydroxylation is 4. The third-order valence-electron chi connectivity index (χ3n) is 5.97. The van der Waals surface area contributed by atoms with Crippen molar-refractivity contribution in [2.75, 3.05) is 19.4 Å². The molecule has 0 aliphatic heterocycles. The van der Waals surface area contributed by atoms with Gasteiger partial charge in [-0.15, -0.1) is 11.3 Å². The summed E-state index contributed by atoms with van der Waals surface area (Å²) in [5, 5.41) is 3.74. The number of nitrogens with zero attached hydrogens (tertiary/aromatic N) is 3. The summed E-state index contributed by atoms with van der Waals surface area (Å²) in [6.45, 7) is 6.24. The van der Waals surface area contributed by atoms with E-state index in [1.165, 1.54) is 4.88 Å². The second-order valence-electron chi connectivity index (χ2n) is 8.82. The van der Waals surface area contributed by atoms with Crippen molar-refractivity contribution in [1.29, 1.82) is 0 Å². The smallest absolute Gasteiger partial charge is 0.263 e. The highest BCUT2D eigenvalue weighted by Gasteiger charge is 2.26. The lowest BCUT2D eigenvalue weighted by Gasteiger charge is -2.21. The van der Waals surface area contributed by atoms with Crippen LogP contribution in [-0.4, -0.2) is 34.5 Å². The van der Waals surface area contributed by atoms with Crippen LogP contribution in [0.5, 0.6) is 0 Å². The fourth-order valence-electron chi connectivity index (χ4n) is 4.28. The predicted octanol–water partition coefficient (Wildman–Crippen LogP) is 4.21. The van der Waals surface area contributed by atoms with Gasteiger partial charge in [0.1, 0.15) is 16.7 Å². The van der Waals surface area contributed by atoms with Crippen LogP contribution in [0, 0.1) is 13.8 Å². The van der Waals surface area contributed by atoms with E-state index < -0.39 is 6.04 Å². The Balaban J connectivity index is 1.80. The van der Waals surface area contributed by atoms with Crippen molar-refractivity contribution in [2.24, 2.45) is 0 Å². The van der Waals surface area contributed by atoms with E-state index in [2.05, 4.69) is 5.32 Å². The maximum Gasteiger partial charge on any atom is 0.263 e. The highest BCUT2D eigenvalue weighted by Crippen LogP contribution is 2.34. The number of hydrogen-bond donors (Lipinski definition) is 1. The molecular weight excluding hydrogens is 408 g/mol. The Morgan fingerprint density at radius 3 is 2.74 bits per heavy atom. The Morgan fingerprint density at radius 2 is 2.00 bits per heavy atom. The molecule has 1 unspecified atom stereocenters. The Hall–Kier alpha value is -2.51. The van der Waals surface area contributed by atoms with Gasteiger partial charge in [-0.05, 0) is 83.3 Å². The van der Waals surface area contributed by atoms with Crippen LogP contribution in [0.4, 0.5) is 5.69 Å². The Morgan fingerprint density at radius 1 is 1.26 bits per heavy atom. The van der Waals surface area contributed by atoms with Crippen LogP contribution >= 0.6 is 11.3 Å². The molecule has 1 aliphatic carbocycles. The first-order valence-corrected chi connectivity index (χ1v) is 11.7. The number of nitrogens with one attached hydrogen (secondary N) is 1. The molecule has 0 bridgehead atoms. The molecule has 1 atom stereocenters. The molecule has 31 heavy (non-hydrogen) atoms. The standard InChI is InChI=1S/C24H30N4O2S/c1-14-10-11-15(2)18(12-14)25-22(29)16(3)28-20(13-27(4)5)26-23-21(24(28)30)17-8-6-7-9-19(17)31-23/h10-12,16H,6-9,13H2,1-5H3,(H,25,29). The zero-order chi connectivity index (χ0) is 22.3. The first-order valence-electron chi connectivity index (χ1n) is 10.8. The molecule has 1 N–H and O–H groups in total.